The minimum atomic E-state index is -1.13. The summed E-state index contributed by atoms with van der Waals surface area (Å²) in [6.07, 6.45) is 1.29. The fraction of sp³-hybridized carbons (Fsp3) is 0. The molecule has 0 spiro atoms. The highest BCUT2D eigenvalue weighted by Crippen LogP contribution is 2.14. The summed E-state index contributed by atoms with van der Waals surface area (Å²) in [5, 5.41) is 8.77. The summed E-state index contributed by atoms with van der Waals surface area (Å²) >= 11 is 5.48. The van der Waals surface area contributed by atoms with E-state index < -0.39 is 5.97 Å². The van der Waals surface area contributed by atoms with Gasteiger partial charge in [0, 0.05) is 6.20 Å². The molecular weight excluding hydrogens is 168 g/mol. The summed E-state index contributed by atoms with van der Waals surface area (Å²) in [6, 6.07) is 1.26. The van der Waals surface area contributed by atoms with E-state index >= 15 is 0 Å². The maximum absolute atomic E-state index is 10.4. The van der Waals surface area contributed by atoms with Gasteiger partial charge in [-0.15, -0.1) is 0 Å². The second-order valence-corrected chi connectivity index (χ2v) is 2.33. The van der Waals surface area contributed by atoms with Gasteiger partial charge in [-0.1, -0.05) is 11.6 Å². The van der Waals surface area contributed by atoms with E-state index in [2.05, 4.69) is 4.98 Å². The fourth-order valence-corrected chi connectivity index (χ4v) is 0.779. The highest BCUT2D eigenvalue weighted by molar-refractivity contribution is 6.30. The van der Waals surface area contributed by atoms with Crippen molar-refractivity contribution in [3.63, 3.8) is 0 Å². The van der Waals surface area contributed by atoms with E-state index in [1.54, 1.807) is 0 Å². The van der Waals surface area contributed by atoms with Crippen LogP contribution in [0.3, 0.4) is 0 Å². The molecule has 1 aromatic heterocycles. The third-order valence-electron chi connectivity index (χ3n) is 1.12. The molecule has 0 atom stereocenters. The highest BCUT2D eigenvalue weighted by Gasteiger charge is 2.08. The van der Waals surface area contributed by atoms with Crippen LogP contribution in [0.5, 0.6) is 0 Å². The molecule has 11 heavy (non-hydrogen) atoms. The van der Waals surface area contributed by atoms with Crippen molar-refractivity contribution in [3.8, 4) is 0 Å². The lowest BCUT2D eigenvalue weighted by molar-refractivity contribution is 0.0697. The van der Waals surface area contributed by atoms with Crippen molar-refractivity contribution in [2.75, 3.05) is 5.73 Å². The Morgan fingerprint density at radius 3 is 2.82 bits per heavy atom. The van der Waals surface area contributed by atoms with Crippen LogP contribution in [-0.4, -0.2) is 16.1 Å². The van der Waals surface area contributed by atoms with Crippen molar-refractivity contribution in [2.45, 2.75) is 0 Å². The Morgan fingerprint density at radius 2 is 2.36 bits per heavy atom. The van der Waals surface area contributed by atoms with Gasteiger partial charge in [-0.2, -0.15) is 0 Å². The van der Waals surface area contributed by atoms with Crippen LogP contribution in [-0.2, 0) is 0 Å². The molecule has 0 aliphatic carbocycles. The van der Waals surface area contributed by atoms with Crippen LogP contribution in [0.25, 0.3) is 0 Å². The summed E-state index contributed by atoms with van der Waals surface area (Å²) in [6.45, 7) is 0. The van der Waals surface area contributed by atoms with Crippen molar-refractivity contribution in [1.82, 2.24) is 4.98 Å². The van der Waals surface area contributed by atoms with E-state index in [0.29, 0.717) is 0 Å². The van der Waals surface area contributed by atoms with Crippen molar-refractivity contribution in [1.29, 1.82) is 0 Å². The number of hydrogen-bond acceptors (Lipinski definition) is 3. The van der Waals surface area contributed by atoms with E-state index in [1.165, 1.54) is 12.3 Å². The quantitative estimate of drug-likeness (QED) is 0.663. The molecule has 0 unspecified atom stereocenters. The van der Waals surface area contributed by atoms with Crippen molar-refractivity contribution >= 4 is 23.4 Å². The number of nitrogens with two attached hydrogens (primary N) is 1. The molecule has 58 valence electrons. The molecule has 0 fully saturated rings. The number of aromatic carboxylic acids is 1. The number of carbonyl (C=O) groups is 1. The molecule has 3 N–H and O–H groups in total. The third-order valence-corrected chi connectivity index (χ3v) is 1.32. The molecule has 0 saturated heterocycles. The van der Waals surface area contributed by atoms with E-state index in [0.717, 1.165) is 0 Å². The molecule has 0 bridgehead atoms. The lowest BCUT2D eigenvalue weighted by Gasteiger charge is -1.97. The Balaban J connectivity index is 3.23. The molecule has 1 heterocycles. The van der Waals surface area contributed by atoms with E-state index in [9.17, 15) is 4.79 Å². The molecule has 0 aromatic carbocycles. The van der Waals surface area contributed by atoms with Gasteiger partial charge in [0.05, 0.1) is 5.02 Å². The van der Waals surface area contributed by atoms with E-state index in [4.69, 9.17) is 22.4 Å². The van der Waals surface area contributed by atoms with Crippen LogP contribution in [0, 0.1) is 0 Å². The van der Waals surface area contributed by atoms with Crippen molar-refractivity contribution < 1.29 is 9.90 Å². The predicted molar refractivity (Wildman–Crippen MR) is 40.6 cm³/mol. The van der Waals surface area contributed by atoms with Gasteiger partial charge in [-0.25, -0.2) is 9.78 Å². The van der Waals surface area contributed by atoms with Crippen LogP contribution in [0.15, 0.2) is 12.3 Å². The Morgan fingerprint density at radius 1 is 1.73 bits per heavy atom. The lowest BCUT2D eigenvalue weighted by atomic mass is 10.2. The van der Waals surface area contributed by atoms with Gasteiger partial charge in [0.25, 0.3) is 0 Å². The number of aromatic nitrogens is 1. The summed E-state index contributed by atoms with van der Waals surface area (Å²) < 4.78 is 0. The van der Waals surface area contributed by atoms with E-state index in [-0.39, 0.29) is 16.4 Å². The number of carboxylic acid groups (broad SMARTS) is 1. The van der Waals surface area contributed by atoms with Crippen LogP contribution >= 0.6 is 11.6 Å². The number of hydrogen-bond donors (Lipinski definition) is 2. The standard InChI is InChI=1S/C6H5ClN2O2/c7-3-1-4(6(10)11)5(8)9-2-3/h1-2H,(H2,8,9)(H,10,11). The molecule has 0 aliphatic rings. The zero-order valence-electron chi connectivity index (χ0n) is 5.41. The maximum atomic E-state index is 10.4. The molecule has 5 heteroatoms. The van der Waals surface area contributed by atoms with Crippen LogP contribution in [0.4, 0.5) is 5.82 Å². The van der Waals surface area contributed by atoms with Gasteiger partial charge in [-0.3, -0.25) is 0 Å². The number of anilines is 1. The molecule has 0 aliphatic heterocycles. The van der Waals surface area contributed by atoms with Crippen LogP contribution in [0.1, 0.15) is 10.4 Å². The zero-order valence-corrected chi connectivity index (χ0v) is 6.17. The summed E-state index contributed by atoms with van der Waals surface area (Å²) in [4.78, 5) is 14.0. The molecule has 4 nitrogen and oxygen atoms in total. The van der Waals surface area contributed by atoms with Crippen LogP contribution in [0.2, 0.25) is 5.02 Å². The number of nitrogens with zero attached hydrogens (tertiary/aromatic N) is 1. The minimum absolute atomic E-state index is 0.0260. The van der Waals surface area contributed by atoms with Gasteiger partial charge in [0.15, 0.2) is 0 Å². The van der Waals surface area contributed by atoms with Gasteiger partial charge in [0.2, 0.25) is 0 Å². The molecule has 1 aromatic rings. The van der Waals surface area contributed by atoms with Gasteiger partial charge < -0.3 is 10.8 Å². The van der Waals surface area contributed by atoms with Crippen LogP contribution < -0.4 is 5.73 Å². The van der Waals surface area contributed by atoms with Crippen molar-refractivity contribution in [3.05, 3.63) is 22.8 Å². The first-order chi connectivity index (χ1) is 5.11. The SMILES string of the molecule is Nc1ncc(Cl)cc1C(=O)O. The summed E-state index contributed by atoms with van der Waals surface area (Å²) in [5.74, 6) is -1.15. The number of carboxylic acids is 1. The third kappa shape index (κ3) is 1.59. The maximum Gasteiger partial charge on any atom is 0.339 e. The normalized spacial score (nSPS) is 9.55. The average Bonchev–Trinajstić information content (AvgIpc) is 1.94. The first-order valence-electron chi connectivity index (χ1n) is 2.75. The average molecular weight is 173 g/mol. The molecule has 1 rings (SSSR count). The smallest absolute Gasteiger partial charge is 0.339 e. The summed E-state index contributed by atoms with van der Waals surface area (Å²) in [5.41, 5.74) is 5.17. The van der Waals surface area contributed by atoms with Gasteiger partial charge >= 0.3 is 5.97 Å². The number of rotatable bonds is 1. The first-order valence-corrected chi connectivity index (χ1v) is 3.13. The number of halogens is 1. The Hall–Kier alpha value is -1.29. The topological polar surface area (TPSA) is 76.2 Å². The number of pyridine rings is 1. The van der Waals surface area contributed by atoms with E-state index in [1.807, 2.05) is 0 Å². The summed E-state index contributed by atoms with van der Waals surface area (Å²) in [7, 11) is 0. The fourth-order valence-electron chi connectivity index (χ4n) is 0.621. The second kappa shape index (κ2) is 2.75. The zero-order chi connectivity index (χ0) is 8.43. The number of nitrogen functional groups attached to an aromatic ring is 1. The Bertz CT molecular complexity index is 301. The monoisotopic (exact) mass is 172 g/mol. The lowest BCUT2D eigenvalue weighted by Crippen LogP contribution is -2.03. The molecule has 0 saturated carbocycles. The minimum Gasteiger partial charge on any atom is -0.478 e. The molecular formula is C6H5ClN2O2. The van der Waals surface area contributed by atoms with Crippen molar-refractivity contribution in [2.24, 2.45) is 0 Å². The van der Waals surface area contributed by atoms with Gasteiger partial charge in [-0.05, 0) is 6.07 Å². The second-order valence-electron chi connectivity index (χ2n) is 1.89. The Kier molecular flexibility index (Phi) is 1.96. The first kappa shape index (κ1) is 7.81. The highest BCUT2D eigenvalue weighted by atomic mass is 35.5. The molecule has 0 radical (unpaired) electrons. The predicted octanol–water partition coefficient (Wildman–Crippen LogP) is 1.02. The molecule has 0 amide bonds. The largest absolute Gasteiger partial charge is 0.478 e. The Labute approximate surface area is 67.6 Å². The van der Waals surface area contributed by atoms with Gasteiger partial charge in [0.1, 0.15) is 11.4 Å².